The zero-order chi connectivity index (χ0) is 18.1. The molecule has 27 heavy (non-hydrogen) atoms. The van der Waals surface area contributed by atoms with Crippen molar-refractivity contribution in [2.45, 2.75) is 12.2 Å². The van der Waals surface area contributed by atoms with Crippen molar-refractivity contribution >= 4 is 0 Å². The summed E-state index contributed by atoms with van der Waals surface area (Å²) in [4.78, 5) is 0. The predicted molar refractivity (Wildman–Crippen MR) is 97.3 cm³/mol. The monoisotopic (exact) mass is 365 g/mol. The van der Waals surface area contributed by atoms with Crippen LogP contribution >= 0.6 is 0 Å². The van der Waals surface area contributed by atoms with Gasteiger partial charge in [-0.25, -0.2) is 4.68 Å². The second kappa shape index (κ2) is 7.02. The van der Waals surface area contributed by atoms with Gasteiger partial charge in [0.05, 0.1) is 25.1 Å². The van der Waals surface area contributed by atoms with Crippen molar-refractivity contribution in [1.82, 2.24) is 15.0 Å². The van der Waals surface area contributed by atoms with Gasteiger partial charge in [0, 0.05) is 5.56 Å². The number of rotatable bonds is 8. The highest BCUT2D eigenvalue weighted by Crippen LogP contribution is 2.23. The quantitative estimate of drug-likeness (QED) is 0.571. The average Bonchev–Trinajstić information content (AvgIpc) is 3.65. The molecule has 2 aromatic carbocycles. The zero-order valence-corrected chi connectivity index (χ0v) is 14.7. The number of hydrogen-bond donors (Lipinski definition) is 0. The Balaban J connectivity index is 1.24. The first-order chi connectivity index (χ1) is 13.3. The summed E-state index contributed by atoms with van der Waals surface area (Å²) in [6.07, 6.45) is 2.41. The van der Waals surface area contributed by atoms with Crippen LogP contribution < -0.4 is 9.47 Å². The van der Waals surface area contributed by atoms with E-state index in [-0.39, 0.29) is 12.2 Å². The first kappa shape index (κ1) is 16.3. The Morgan fingerprint density at radius 1 is 0.852 bits per heavy atom. The van der Waals surface area contributed by atoms with Crippen molar-refractivity contribution in [3.63, 3.8) is 0 Å². The largest absolute Gasteiger partial charge is 0.491 e. The highest BCUT2D eigenvalue weighted by Gasteiger charge is 2.23. The fourth-order valence-corrected chi connectivity index (χ4v) is 2.65. The molecule has 3 heterocycles. The first-order valence-electron chi connectivity index (χ1n) is 8.95. The van der Waals surface area contributed by atoms with Crippen molar-refractivity contribution < 1.29 is 18.9 Å². The van der Waals surface area contributed by atoms with Crippen LogP contribution in [0.3, 0.4) is 0 Å². The van der Waals surface area contributed by atoms with E-state index in [0.29, 0.717) is 13.2 Å². The Morgan fingerprint density at radius 2 is 1.41 bits per heavy atom. The molecule has 3 aromatic rings. The van der Waals surface area contributed by atoms with E-state index < -0.39 is 0 Å². The van der Waals surface area contributed by atoms with Crippen molar-refractivity contribution in [2.24, 2.45) is 0 Å². The molecule has 0 aliphatic carbocycles. The first-order valence-corrected chi connectivity index (χ1v) is 8.95. The van der Waals surface area contributed by atoms with E-state index in [1.165, 1.54) is 0 Å². The van der Waals surface area contributed by atoms with Crippen molar-refractivity contribution in [1.29, 1.82) is 0 Å². The normalized spacial score (nSPS) is 20.3. The maximum absolute atomic E-state index is 5.66. The molecule has 0 amide bonds. The number of aromatic nitrogens is 3. The average molecular weight is 365 g/mol. The van der Waals surface area contributed by atoms with Gasteiger partial charge in [-0.3, -0.25) is 0 Å². The summed E-state index contributed by atoms with van der Waals surface area (Å²) in [5, 5.41) is 8.50. The van der Waals surface area contributed by atoms with Gasteiger partial charge in [-0.2, -0.15) is 0 Å². The molecular formula is C20H19N3O4. The van der Waals surface area contributed by atoms with Gasteiger partial charge in [0.25, 0.3) is 0 Å². The van der Waals surface area contributed by atoms with Crippen LogP contribution in [0.5, 0.6) is 11.5 Å². The Hall–Kier alpha value is -2.90. The third-order valence-corrected chi connectivity index (χ3v) is 4.42. The number of nitrogens with zero attached hydrogens (tertiary/aromatic N) is 3. The second-order valence-electron chi connectivity index (χ2n) is 6.60. The minimum Gasteiger partial charge on any atom is -0.491 e. The Bertz CT molecular complexity index is 826. The van der Waals surface area contributed by atoms with E-state index >= 15 is 0 Å². The molecule has 7 nitrogen and oxygen atoms in total. The van der Waals surface area contributed by atoms with Gasteiger partial charge < -0.3 is 18.9 Å². The molecule has 0 saturated carbocycles. The van der Waals surface area contributed by atoms with Crippen molar-refractivity contribution in [3.05, 3.63) is 54.7 Å². The lowest BCUT2D eigenvalue weighted by Gasteiger charge is -2.05. The highest BCUT2D eigenvalue weighted by molar-refractivity contribution is 5.59. The fraction of sp³-hybridized carbons (Fsp3) is 0.300. The van der Waals surface area contributed by atoms with Crippen LogP contribution in [0.15, 0.2) is 54.7 Å². The van der Waals surface area contributed by atoms with Crippen LogP contribution in [0, 0.1) is 0 Å². The lowest BCUT2D eigenvalue weighted by Crippen LogP contribution is -2.04. The molecule has 7 heteroatoms. The topological polar surface area (TPSA) is 74.2 Å². The summed E-state index contributed by atoms with van der Waals surface area (Å²) in [5.41, 5.74) is 2.71. The smallest absolute Gasteiger partial charge is 0.119 e. The van der Waals surface area contributed by atoms with Gasteiger partial charge in [0.2, 0.25) is 0 Å². The van der Waals surface area contributed by atoms with E-state index in [0.717, 1.165) is 41.7 Å². The summed E-state index contributed by atoms with van der Waals surface area (Å²) in [5.74, 6) is 1.65. The molecule has 0 spiro atoms. The molecule has 2 saturated heterocycles. The summed E-state index contributed by atoms with van der Waals surface area (Å²) >= 11 is 0. The molecular weight excluding hydrogens is 346 g/mol. The summed E-state index contributed by atoms with van der Waals surface area (Å²) in [6.45, 7) is 2.79. The minimum atomic E-state index is 0.251. The molecule has 5 rings (SSSR count). The molecule has 0 N–H and O–H groups in total. The standard InChI is InChI=1S/C20H19N3O4/c1-5-16(24-10-18-12-26-18)6-2-14(1)20-9-23(22-21-20)15-3-7-17(8-4-15)25-11-19-13-27-19/h1-9,18-19H,10-13H2. The Labute approximate surface area is 156 Å². The third-order valence-electron chi connectivity index (χ3n) is 4.42. The molecule has 0 bridgehead atoms. The molecule has 2 aliphatic heterocycles. The van der Waals surface area contributed by atoms with Gasteiger partial charge in [-0.15, -0.1) is 5.10 Å². The number of epoxide rings is 2. The minimum absolute atomic E-state index is 0.251. The molecule has 1 aromatic heterocycles. The van der Waals surface area contributed by atoms with E-state index in [1.54, 1.807) is 4.68 Å². The second-order valence-corrected chi connectivity index (χ2v) is 6.60. The van der Waals surface area contributed by atoms with E-state index in [2.05, 4.69) is 10.3 Å². The third kappa shape index (κ3) is 4.10. The van der Waals surface area contributed by atoms with Crippen LogP contribution in [-0.4, -0.2) is 53.6 Å². The molecule has 2 unspecified atom stereocenters. The molecule has 2 atom stereocenters. The number of benzene rings is 2. The Kier molecular flexibility index (Phi) is 4.23. The predicted octanol–water partition coefficient (Wildman–Crippen LogP) is 2.49. The number of ether oxygens (including phenoxy) is 4. The van der Waals surface area contributed by atoms with Crippen LogP contribution in [0.2, 0.25) is 0 Å². The molecule has 2 aliphatic rings. The fourth-order valence-electron chi connectivity index (χ4n) is 2.65. The maximum Gasteiger partial charge on any atom is 0.119 e. The highest BCUT2D eigenvalue weighted by atomic mass is 16.6. The van der Waals surface area contributed by atoms with Gasteiger partial charge >= 0.3 is 0 Å². The molecule has 2 fully saturated rings. The van der Waals surface area contributed by atoms with E-state index in [4.69, 9.17) is 18.9 Å². The van der Waals surface area contributed by atoms with Crippen LogP contribution in [0.1, 0.15) is 0 Å². The molecule has 0 radical (unpaired) electrons. The number of hydrogen-bond acceptors (Lipinski definition) is 6. The van der Waals surface area contributed by atoms with E-state index in [1.807, 2.05) is 54.7 Å². The van der Waals surface area contributed by atoms with Gasteiger partial charge in [0.15, 0.2) is 0 Å². The van der Waals surface area contributed by atoms with Crippen molar-refractivity contribution in [2.75, 3.05) is 26.4 Å². The molecule has 138 valence electrons. The summed E-state index contributed by atoms with van der Waals surface area (Å²) in [6, 6.07) is 15.6. The van der Waals surface area contributed by atoms with Gasteiger partial charge in [-0.05, 0) is 48.5 Å². The Morgan fingerprint density at radius 3 is 1.96 bits per heavy atom. The SMILES string of the molecule is c1cc(-c2cn(-c3ccc(OCC4CO4)cc3)nn2)ccc1OCC1CO1. The maximum atomic E-state index is 5.66. The van der Waals surface area contributed by atoms with Crippen LogP contribution in [0.4, 0.5) is 0 Å². The van der Waals surface area contributed by atoms with Crippen LogP contribution in [-0.2, 0) is 9.47 Å². The van der Waals surface area contributed by atoms with Gasteiger partial charge in [0.1, 0.15) is 42.6 Å². The van der Waals surface area contributed by atoms with Gasteiger partial charge in [-0.1, -0.05) is 5.21 Å². The van der Waals surface area contributed by atoms with Crippen molar-refractivity contribution in [3.8, 4) is 28.4 Å². The lowest BCUT2D eigenvalue weighted by atomic mass is 10.1. The summed E-state index contributed by atoms with van der Waals surface area (Å²) < 4.78 is 23.3. The van der Waals surface area contributed by atoms with E-state index in [9.17, 15) is 0 Å². The lowest BCUT2D eigenvalue weighted by molar-refractivity contribution is 0.263. The zero-order valence-electron chi connectivity index (χ0n) is 14.7. The summed E-state index contributed by atoms with van der Waals surface area (Å²) in [7, 11) is 0. The van der Waals surface area contributed by atoms with Crippen LogP contribution in [0.25, 0.3) is 16.9 Å².